The van der Waals surface area contributed by atoms with Crippen molar-refractivity contribution >= 4 is 12.6 Å². The van der Waals surface area contributed by atoms with Crippen molar-refractivity contribution in [3.8, 4) is 22.3 Å². The Labute approximate surface area is 198 Å². The van der Waals surface area contributed by atoms with E-state index in [1.165, 1.54) is 65.5 Å². The maximum atomic E-state index is 6.36. The summed E-state index contributed by atoms with van der Waals surface area (Å²) in [5, 5.41) is 0. The van der Waals surface area contributed by atoms with E-state index in [0.29, 0.717) is 0 Å². The lowest BCUT2D eigenvalue weighted by Crippen LogP contribution is -2.41. The van der Waals surface area contributed by atoms with Crippen LogP contribution < -0.4 is 5.46 Å². The summed E-state index contributed by atoms with van der Waals surface area (Å²) in [5.41, 5.74) is 9.07. The van der Waals surface area contributed by atoms with E-state index in [9.17, 15) is 0 Å². The third-order valence-electron chi connectivity index (χ3n) is 8.72. The van der Waals surface area contributed by atoms with Crippen LogP contribution in [0.1, 0.15) is 70.9 Å². The molecule has 3 aliphatic rings. The smallest absolute Gasteiger partial charge is 0.399 e. The topological polar surface area (TPSA) is 18.5 Å². The molecule has 168 valence electrons. The van der Waals surface area contributed by atoms with Crippen LogP contribution in [0.5, 0.6) is 0 Å². The largest absolute Gasteiger partial charge is 0.494 e. The Morgan fingerprint density at radius 3 is 2.06 bits per heavy atom. The molecule has 3 heteroatoms. The van der Waals surface area contributed by atoms with E-state index in [4.69, 9.17) is 9.31 Å². The van der Waals surface area contributed by atoms with Crippen molar-refractivity contribution in [3.05, 3.63) is 77.9 Å². The van der Waals surface area contributed by atoms with Crippen molar-refractivity contribution in [3.63, 3.8) is 0 Å². The standard InChI is InChI=1S/C30H33BO2/c1-28(2)29(3,4)33-31(32-28)22-13-10-12-21(20-22)23-15-11-17-26-27(23)24-14-6-7-16-25(24)30(26)18-8-5-9-19-30/h6-7,10-17,20H,5,8-9,18-19H2,1-4H3. The van der Waals surface area contributed by atoms with Gasteiger partial charge in [-0.05, 0) is 79.4 Å². The van der Waals surface area contributed by atoms with Gasteiger partial charge in [-0.15, -0.1) is 0 Å². The molecule has 1 saturated heterocycles. The summed E-state index contributed by atoms with van der Waals surface area (Å²) in [5.74, 6) is 0. The van der Waals surface area contributed by atoms with Crippen LogP contribution in [-0.2, 0) is 14.7 Å². The van der Waals surface area contributed by atoms with Gasteiger partial charge >= 0.3 is 7.12 Å². The monoisotopic (exact) mass is 436 g/mol. The van der Waals surface area contributed by atoms with Crippen LogP contribution in [0.2, 0.25) is 0 Å². The first-order valence-corrected chi connectivity index (χ1v) is 12.5. The zero-order valence-electron chi connectivity index (χ0n) is 20.3. The van der Waals surface area contributed by atoms with Gasteiger partial charge in [0.05, 0.1) is 11.2 Å². The molecule has 6 rings (SSSR count). The Morgan fingerprint density at radius 1 is 0.667 bits per heavy atom. The van der Waals surface area contributed by atoms with E-state index in [1.54, 1.807) is 0 Å². The molecule has 0 bridgehead atoms. The fraction of sp³-hybridized carbons (Fsp3) is 0.400. The quantitative estimate of drug-likeness (QED) is 0.408. The summed E-state index contributed by atoms with van der Waals surface area (Å²) in [4.78, 5) is 0. The number of rotatable bonds is 2. The van der Waals surface area contributed by atoms with E-state index in [2.05, 4.69) is 94.4 Å². The van der Waals surface area contributed by atoms with Gasteiger partial charge in [0.2, 0.25) is 0 Å². The van der Waals surface area contributed by atoms with Crippen molar-refractivity contribution in [1.29, 1.82) is 0 Å². The molecule has 3 aromatic carbocycles. The fourth-order valence-electron chi connectivity index (χ4n) is 6.27. The van der Waals surface area contributed by atoms with Gasteiger partial charge in [-0.25, -0.2) is 0 Å². The van der Waals surface area contributed by atoms with Crippen LogP contribution in [0.15, 0.2) is 66.7 Å². The Hall–Kier alpha value is -2.36. The van der Waals surface area contributed by atoms with Crippen LogP contribution in [0.3, 0.4) is 0 Å². The summed E-state index contributed by atoms with van der Waals surface area (Å²) in [6.45, 7) is 8.45. The SMILES string of the molecule is CC1(C)OB(c2cccc(-c3cccc4c3-c3ccccc3C43CCCCC3)c2)OC1(C)C. The molecule has 0 atom stereocenters. The van der Waals surface area contributed by atoms with E-state index in [-0.39, 0.29) is 23.7 Å². The maximum Gasteiger partial charge on any atom is 0.494 e. The average Bonchev–Trinajstić information content (AvgIpc) is 3.22. The van der Waals surface area contributed by atoms with E-state index in [1.807, 2.05) is 0 Å². The summed E-state index contributed by atoms with van der Waals surface area (Å²) in [6, 6.07) is 24.9. The minimum absolute atomic E-state index is 0.184. The molecule has 1 heterocycles. The van der Waals surface area contributed by atoms with Gasteiger partial charge in [0.1, 0.15) is 0 Å². The van der Waals surface area contributed by atoms with Gasteiger partial charge in [0.25, 0.3) is 0 Å². The minimum atomic E-state index is -0.344. The zero-order valence-corrected chi connectivity index (χ0v) is 20.3. The first-order valence-electron chi connectivity index (χ1n) is 12.5. The molecule has 1 saturated carbocycles. The van der Waals surface area contributed by atoms with Crippen LogP contribution in [0.4, 0.5) is 0 Å². The zero-order chi connectivity index (χ0) is 22.8. The molecule has 33 heavy (non-hydrogen) atoms. The first kappa shape index (κ1) is 21.2. The van der Waals surface area contributed by atoms with Crippen molar-refractivity contribution in [2.75, 3.05) is 0 Å². The Balaban J connectivity index is 1.48. The number of hydrogen-bond donors (Lipinski definition) is 0. The molecule has 0 N–H and O–H groups in total. The van der Waals surface area contributed by atoms with E-state index >= 15 is 0 Å². The lowest BCUT2D eigenvalue weighted by Gasteiger charge is -2.36. The second-order valence-electron chi connectivity index (χ2n) is 11.1. The van der Waals surface area contributed by atoms with Gasteiger partial charge in [0, 0.05) is 5.41 Å². The predicted octanol–water partition coefficient (Wildman–Crippen LogP) is 6.88. The molecule has 2 nitrogen and oxygen atoms in total. The lowest BCUT2D eigenvalue weighted by atomic mass is 9.67. The Morgan fingerprint density at radius 2 is 1.30 bits per heavy atom. The summed E-state index contributed by atoms with van der Waals surface area (Å²) in [7, 11) is -0.344. The summed E-state index contributed by atoms with van der Waals surface area (Å²) >= 11 is 0. The van der Waals surface area contributed by atoms with Crippen molar-refractivity contribution < 1.29 is 9.31 Å². The Bertz CT molecular complexity index is 1200. The third-order valence-corrected chi connectivity index (χ3v) is 8.72. The normalized spacial score (nSPS) is 21.8. The molecule has 2 fully saturated rings. The van der Waals surface area contributed by atoms with Crippen LogP contribution >= 0.6 is 0 Å². The molecule has 0 unspecified atom stereocenters. The third kappa shape index (κ3) is 3.09. The lowest BCUT2D eigenvalue weighted by molar-refractivity contribution is 0.00578. The second kappa shape index (κ2) is 7.32. The average molecular weight is 436 g/mol. The van der Waals surface area contributed by atoms with Gasteiger partial charge in [0.15, 0.2) is 0 Å². The number of fused-ring (bicyclic) bond motifs is 5. The highest BCUT2D eigenvalue weighted by atomic mass is 16.7. The van der Waals surface area contributed by atoms with E-state index in [0.717, 1.165) is 5.46 Å². The predicted molar refractivity (Wildman–Crippen MR) is 137 cm³/mol. The Kier molecular flexibility index (Phi) is 4.70. The minimum Gasteiger partial charge on any atom is -0.399 e. The summed E-state index contributed by atoms with van der Waals surface area (Å²) < 4.78 is 12.7. The second-order valence-corrected chi connectivity index (χ2v) is 11.1. The maximum absolute atomic E-state index is 6.36. The van der Waals surface area contributed by atoms with Crippen molar-refractivity contribution in [1.82, 2.24) is 0 Å². The number of benzene rings is 3. The highest BCUT2D eigenvalue weighted by Gasteiger charge is 2.52. The van der Waals surface area contributed by atoms with Crippen molar-refractivity contribution in [2.45, 2.75) is 76.4 Å². The van der Waals surface area contributed by atoms with Crippen LogP contribution in [-0.4, -0.2) is 18.3 Å². The van der Waals surface area contributed by atoms with Crippen molar-refractivity contribution in [2.24, 2.45) is 0 Å². The molecule has 2 aliphatic carbocycles. The van der Waals surface area contributed by atoms with Gasteiger partial charge in [-0.2, -0.15) is 0 Å². The van der Waals surface area contributed by atoms with Gasteiger partial charge < -0.3 is 9.31 Å². The highest BCUT2D eigenvalue weighted by molar-refractivity contribution is 6.62. The molecular formula is C30H33BO2. The molecule has 1 aliphatic heterocycles. The molecule has 0 radical (unpaired) electrons. The first-order chi connectivity index (χ1) is 15.8. The molecule has 0 amide bonds. The molecule has 1 spiro atoms. The number of hydrogen-bond acceptors (Lipinski definition) is 2. The molecule has 3 aromatic rings. The van der Waals surface area contributed by atoms with Gasteiger partial charge in [-0.1, -0.05) is 86.0 Å². The summed E-state index contributed by atoms with van der Waals surface area (Å²) in [6.07, 6.45) is 6.50. The van der Waals surface area contributed by atoms with E-state index < -0.39 is 0 Å². The highest BCUT2D eigenvalue weighted by Crippen LogP contribution is 2.57. The van der Waals surface area contributed by atoms with Gasteiger partial charge in [-0.3, -0.25) is 0 Å². The molecule has 0 aromatic heterocycles. The fourth-order valence-corrected chi connectivity index (χ4v) is 6.27. The van der Waals surface area contributed by atoms with Crippen LogP contribution in [0.25, 0.3) is 22.3 Å². The molecular weight excluding hydrogens is 403 g/mol. The van der Waals surface area contributed by atoms with Crippen LogP contribution in [0, 0.1) is 0 Å².